The van der Waals surface area contributed by atoms with Gasteiger partial charge in [0.2, 0.25) is 10.0 Å². The molecule has 2 aliphatic heterocycles. The number of nitrogens with zero attached hydrogens (tertiary/aromatic N) is 3. The van der Waals surface area contributed by atoms with Crippen molar-refractivity contribution in [2.75, 3.05) is 32.4 Å². The van der Waals surface area contributed by atoms with Crippen molar-refractivity contribution in [3.05, 3.63) is 45.2 Å². The third-order valence-corrected chi connectivity index (χ3v) is 8.76. The Morgan fingerprint density at radius 1 is 1.22 bits per heavy atom. The Morgan fingerprint density at radius 3 is 2.42 bits per heavy atom. The average molecular weight is 547 g/mol. The number of ether oxygens (including phenoxy) is 1. The second-order valence-electron chi connectivity index (χ2n) is 10.3. The molecule has 0 aliphatic carbocycles. The summed E-state index contributed by atoms with van der Waals surface area (Å²) in [6.45, 7) is 8.26. The number of halogens is 3. The van der Waals surface area contributed by atoms with Crippen molar-refractivity contribution in [3.63, 3.8) is 0 Å². The van der Waals surface area contributed by atoms with Gasteiger partial charge in [0.05, 0.1) is 17.4 Å². The lowest BCUT2D eigenvalue weighted by Gasteiger charge is -2.37. The molecule has 2 aromatic rings. The Kier molecular flexibility index (Phi) is 7.14. The molecule has 0 atom stereocenters. The van der Waals surface area contributed by atoms with Crippen molar-refractivity contribution in [3.8, 4) is 5.75 Å². The van der Waals surface area contributed by atoms with Crippen molar-refractivity contribution in [2.24, 2.45) is 10.9 Å². The van der Waals surface area contributed by atoms with E-state index >= 15 is 0 Å². The lowest BCUT2D eigenvalue weighted by molar-refractivity contribution is -0.137. The number of aromatic nitrogens is 1. The highest BCUT2D eigenvalue weighted by Crippen LogP contribution is 2.33. The van der Waals surface area contributed by atoms with E-state index in [1.54, 1.807) is 4.57 Å². The third-order valence-electron chi connectivity index (χ3n) is 6.08. The van der Waals surface area contributed by atoms with Gasteiger partial charge < -0.3 is 14.6 Å². The van der Waals surface area contributed by atoms with Gasteiger partial charge in [-0.15, -0.1) is 11.3 Å². The number of alkyl halides is 3. The van der Waals surface area contributed by atoms with Crippen LogP contribution >= 0.6 is 11.3 Å². The smallest absolute Gasteiger partial charge is 0.416 e. The van der Waals surface area contributed by atoms with E-state index in [9.17, 15) is 26.4 Å². The van der Waals surface area contributed by atoms with E-state index in [2.05, 4.69) is 10.3 Å². The van der Waals surface area contributed by atoms with Gasteiger partial charge in [-0.25, -0.2) is 12.7 Å². The topological polar surface area (TPSA) is 93.0 Å². The summed E-state index contributed by atoms with van der Waals surface area (Å²) in [5, 5.41) is 3.02. The van der Waals surface area contributed by atoms with Gasteiger partial charge in [-0.3, -0.25) is 4.79 Å². The molecule has 4 rings (SSSR count). The number of rotatable bonds is 6. The van der Waals surface area contributed by atoms with Crippen LogP contribution in [0.15, 0.2) is 29.4 Å². The number of hydrogen-bond acceptors (Lipinski definition) is 6. The van der Waals surface area contributed by atoms with Gasteiger partial charge in [0.25, 0.3) is 5.91 Å². The molecule has 1 aromatic heterocycles. The Balaban J connectivity index is 1.69. The molecule has 0 spiro atoms. The van der Waals surface area contributed by atoms with Crippen LogP contribution in [0.25, 0.3) is 0 Å². The van der Waals surface area contributed by atoms with Crippen LogP contribution in [0.5, 0.6) is 5.75 Å². The summed E-state index contributed by atoms with van der Waals surface area (Å²) >= 11 is 1.29. The summed E-state index contributed by atoms with van der Waals surface area (Å²) < 4.78 is 72.5. The normalized spacial score (nSPS) is 18.7. The summed E-state index contributed by atoms with van der Waals surface area (Å²) in [6, 6.07) is 2.85. The molecule has 8 nitrogen and oxygen atoms in total. The van der Waals surface area contributed by atoms with Gasteiger partial charge in [0.1, 0.15) is 11.9 Å². The fourth-order valence-corrected chi connectivity index (χ4v) is 5.80. The quantitative estimate of drug-likeness (QED) is 0.602. The molecule has 2 saturated heterocycles. The van der Waals surface area contributed by atoms with Gasteiger partial charge in [-0.2, -0.15) is 18.2 Å². The Morgan fingerprint density at radius 2 is 1.89 bits per heavy atom. The van der Waals surface area contributed by atoms with Crippen LogP contribution in [0, 0.1) is 5.92 Å². The lowest BCUT2D eigenvalue weighted by atomic mass is 9.95. The van der Waals surface area contributed by atoms with Crippen molar-refractivity contribution in [1.29, 1.82) is 0 Å². The molecule has 2 aliphatic rings. The Bertz CT molecular complexity index is 1320. The average Bonchev–Trinajstić information content (AvgIpc) is 3.08. The first-order valence-electron chi connectivity index (χ1n) is 11.4. The van der Waals surface area contributed by atoms with Gasteiger partial charge in [-0.05, 0) is 23.6 Å². The monoisotopic (exact) mass is 546 g/mol. The molecule has 0 saturated carbocycles. The molecule has 0 radical (unpaired) electrons. The highest BCUT2D eigenvalue weighted by Gasteiger charge is 2.35. The zero-order valence-corrected chi connectivity index (χ0v) is 22.1. The van der Waals surface area contributed by atoms with Crippen molar-refractivity contribution in [2.45, 2.75) is 45.0 Å². The van der Waals surface area contributed by atoms with Gasteiger partial charge in [0.15, 0.2) is 4.80 Å². The van der Waals surface area contributed by atoms with Gasteiger partial charge in [-0.1, -0.05) is 20.8 Å². The second kappa shape index (κ2) is 9.58. The van der Waals surface area contributed by atoms with Crippen LogP contribution in [0.2, 0.25) is 0 Å². The van der Waals surface area contributed by atoms with E-state index in [1.165, 1.54) is 21.7 Å². The van der Waals surface area contributed by atoms with Crippen LogP contribution in [0.4, 0.5) is 13.2 Å². The van der Waals surface area contributed by atoms with Crippen LogP contribution < -0.4 is 14.9 Å². The first-order chi connectivity index (χ1) is 16.6. The van der Waals surface area contributed by atoms with Gasteiger partial charge >= 0.3 is 6.18 Å². The molecule has 0 bridgehead atoms. The molecular weight excluding hydrogens is 517 g/mol. The lowest BCUT2D eigenvalue weighted by Crippen LogP contribution is -2.51. The van der Waals surface area contributed by atoms with Gasteiger partial charge in [0, 0.05) is 49.7 Å². The summed E-state index contributed by atoms with van der Waals surface area (Å²) in [4.78, 5) is 18.8. The van der Waals surface area contributed by atoms with E-state index in [1.807, 2.05) is 27.0 Å². The molecule has 198 valence electrons. The number of nitrogens with one attached hydrogen (secondary N) is 1. The molecule has 3 heterocycles. The highest BCUT2D eigenvalue weighted by molar-refractivity contribution is 7.88. The van der Waals surface area contributed by atoms with Crippen LogP contribution in [-0.4, -0.2) is 61.7 Å². The summed E-state index contributed by atoms with van der Waals surface area (Å²) in [5.74, 6) is -0.731. The van der Waals surface area contributed by atoms with Crippen molar-refractivity contribution < 1.29 is 31.1 Å². The van der Waals surface area contributed by atoms with Crippen molar-refractivity contribution in [1.82, 2.24) is 14.2 Å². The molecule has 0 unspecified atom stereocenters. The number of amides is 1. The minimum Gasteiger partial charge on any atom is -0.487 e. The first-order valence-corrected chi connectivity index (χ1v) is 14.1. The van der Waals surface area contributed by atoms with Crippen LogP contribution in [0.3, 0.4) is 0 Å². The number of carbonyl (C=O) groups is 1. The number of hydrogen-bond donors (Lipinski definition) is 1. The number of benzene rings is 1. The predicted octanol–water partition coefficient (Wildman–Crippen LogP) is 2.85. The maximum atomic E-state index is 13.4. The molecular formula is C23H29F3N4O4S2. The Labute approximate surface area is 211 Å². The van der Waals surface area contributed by atoms with E-state index < -0.39 is 27.7 Å². The second-order valence-corrected chi connectivity index (χ2v) is 13.2. The Hall–Kier alpha value is -2.22. The highest BCUT2D eigenvalue weighted by atomic mass is 32.2. The molecule has 1 amide bonds. The largest absolute Gasteiger partial charge is 0.487 e. The minimum atomic E-state index is -4.62. The SMILES string of the molecule is CC(C)(C)c1cn(CC2CN(S(C)(=O)=O)C2)/c(=N/C(=O)c2cc(C(F)(F)F)ccc2OC2CNC2)s1. The maximum absolute atomic E-state index is 13.4. The minimum absolute atomic E-state index is 0.0368. The van der Waals surface area contributed by atoms with Crippen molar-refractivity contribution >= 4 is 27.3 Å². The van der Waals surface area contributed by atoms with E-state index in [0.717, 1.165) is 23.3 Å². The predicted molar refractivity (Wildman–Crippen MR) is 130 cm³/mol. The fourth-order valence-electron chi connectivity index (χ4n) is 3.78. The van der Waals surface area contributed by atoms with E-state index in [4.69, 9.17) is 4.74 Å². The van der Waals surface area contributed by atoms with E-state index in [0.29, 0.717) is 37.5 Å². The van der Waals surface area contributed by atoms with Crippen LogP contribution in [0.1, 0.15) is 41.6 Å². The third kappa shape index (κ3) is 6.01. The van der Waals surface area contributed by atoms with E-state index in [-0.39, 0.29) is 28.7 Å². The first kappa shape index (κ1) is 26.8. The summed E-state index contributed by atoms with van der Waals surface area (Å²) in [6.07, 6.45) is -1.82. The summed E-state index contributed by atoms with van der Waals surface area (Å²) in [5.41, 5.74) is -1.45. The molecule has 36 heavy (non-hydrogen) atoms. The van der Waals surface area contributed by atoms with Crippen LogP contribution in [-0.2, 0) is 28.2 Å². The standard InChI is InChI=1S/C23H29F3N4O4S2/c1-22(2,3)19-13-29(10-14-11-30(12-14)36(4,32)33)21(35-19)28-20(31)17-7-15(23(24,25)26)5-6-18(17)34-16-8-27-9-16/h5-7,13-14,16,27H,8-12H2,1-4H3/b28-21-. The molecule has 13 heteroatoms. The fraction of sp³-hybridized carbons (Fsp3) is 0.565. The molecule has 1 aromatic carbocycles. The molecule has 1 N–H and O–H groups in total. The summed E-state index contributed by atoms with van der Waals surface area (Å²) in [7, 11) is -3.26. The zero-order chi connectivity index (χ0) is 26.5. The maximum Gasteiger partial charge on any atom is 0.416 e. The molecule has 2 fully saturated rings. The number of thiazole rings is 1. The number of carbonyl (C=O) groups excluding carboxylic acids is 1. The number of sulfonamides is 1. The zero-order valence-electron chi connectivity index (χ0n) is 20.4.